The summed E-state index contributed by atoms with van der Waals surface area (Å²) < 4.78 is 7.20. The monoisotopic (exact) mass is 479 g/mol. The predicted octanol–water partition coefficient (Wildman–Crippen LogP) is 1.50. The molecule has 0 spiro atoms. The van der Waals surface area contributed by atoms with Crippen LogP contribution in [0.4, 0.5) is 4.79 Å². The van der Waals surface area contributed by atoms with E-state index in [1.807, 2.05) is 27.8 Å². The molecule has 1 amide bonds. The molecule has 0 aliphatic heterocycles. The van der Waals surface area contributed by atoms with Crippen LogP contribution < -0.4 is 10.6 Å². The van der Waals surface area contributed by atoms with E-state index in [0.29, 0.717) is 31.6 Å². The van der Waals surface area contributed by atoms with Crippen LogP contribution in [-0.4, -0.2) is 63.5 Å². The van der Waals surface area contributed by atoms with Crippen LogP contribution in [0.25, 0.3) is 0 Å². The summed E-state index contributed by atoms with van der Waals surface area (Å²) in [6, 6.07) is 0.297. The first-order valence-corrected chi connectivity index (χ1v) is 8.57. The Balaban J connectivity index is 0.00000338. The smallest absolute Gasteiger partial charge is 0.410 e. The minimum absolute atomic E-state index is 0. The summed E-state index contributed by atoms with van der Waals surface area (Å²) in [4.78, 5) is 22.5. The molecule has 1 heterocycles. The van der Waals surface area contributed by atoms with E-state index < -0.39 is 5.60 Å². The number of ether oxygens (including phenoxy) is 1. The Hall–Kier alpha value is -1.59. The second-order valence-corrected chi connectivity index (χ2v) is 7.06. The van der Waals surface area contributed by atoms with Crippen molar-refractivity contribution in [3.63, 3.8) is 0 Å². The van der Waals surface area contributed by atoms with Gasteiger partial charge in [-0.1, -0.05) is 0 Å². The molecule has 0 atom stereocenters. The highest BCUT2D eigenvalue weighted by molar-refractivity contribution is 14.0. The van der Waals surface area contributed by atoms with Gasteiger partial charge in [-0.2, -0.15) is 5.10 Å². The third-order valence-corrected chi connectivity index (χ3v) is 3.70. The Bertz CT molecular complexity index is 608. The van der Waals surface area contributed by atoms with E-state index in [-0.39, 0.29) is 30.1 Å². The highest BCUT2D eigenvalue weighted by Crippen LogP contribution is 2.27. The van der Waals surface area contributed by atoms with Gasteiger partial charge in [0.25, 0.3) is 0 Å². The molecular weight excluding hydrogens is 449 g/mol. The SMILES string of the molecule is CN=C(NCCN(C(=O)OC(C)(C)C)C1CC1)NCc1ncnn1C.I. The van der Waals surface area contributed by atoms with Crippen LogP contribution in [0.1, 0.15) is 39.4 Å². The molecule has 2 N–H and O–H groups in total. The molecule has 9 nitrogen and oxygen atoms in total. The van der Waals surface area contributed by atoms with E-state index in [2.05, 4.69) is 25.7 Å². The van der Waals surface area contributed by atoms with Crippen LogP contribution in [0.3, 0.4) is 0 Å². The van der Waals surface area contributed by atoms with Gasteiger partial charge in [-0.25, -0.2) is 9.78 Å². The molecule has 2 rings (SSSR count). The number of nitrogens with one attached hydrogen (secondary N) is 2. The van der Waals surface area contributed by atoms with Crippen molar-refractivity contribution in [2.45, 2.75) is 51.8 Å². The molecule has 0 aromatic carbocycles. The number of hydrogen-bond donors (Lipinski definition) is 2. The van der Waals surface area contributed by atoms with Crippen LogP contribution in [0, 0.1) is 0 Å². The van der Waals surface area contributed by atoms with Gasteiger partial charge in [0.2, 0.25) is 0 Å². The van der Waals surface area contributed by atoms with E-state index in [9.17, 15) is 4.79 Å². The zero-order valence-electron chi connectivity index (χ0n) is 16.2. The molecule has 1 saturated carbocycles. The fraction of sp³-hybridized carbons (Fsp3) is 0.750. The second kappa shape index (κ2) is 9.93. The van der Waals surface area contributed by atoms with Gasteiger partial charge in [0.15, 0.2) is 5.96 Å². The second-order valence-electron chi connectivity index (χ2n) is 7.06. The molecule has 1 aliphatic carbocycles. The maximum Gasteiger partial charge on any atom is 0.410 e. The van der Waals surface area contributed by atoms with Gasteiger partial charge in [0.05, 0.1) is 6.54 Å². The minimum Gasteiger partial charge on any atom is -0.444 e. The molecule has 0 radical (unpaired) electrons. The summed E-state index contributed by atoms with van der Waals surface area (Å²) in [6.45, 7) is 7.33. The number of rotatable bonds is 6. The van der Waals surface area contributed by atoms with Gasteiger partial charge in [0, 0.05) is 33.2 Å². The third-order valence-electron chi connectivity index (χ3n) is 3.70. The lowest BCUT2D eigenvalue weighted by Crippen LogP contribution is -2.45. The molecule has 10 heteroatoms. The Morgan fingerprint density at radius 3 is 2.62 bits per heavy atom. The largest absolute Gasteiger partial charge is 0.444 e. The number of carbonyl (C=O) groups excluding carboxylic acids is 1. The number of hydrogen-bond acceptors (Lipinski definition) is 5. The number of halogens is 1. The highest BCUT2D eigenvalue weighted by atomic mass is 127. The number of guanidine groups is 1. The number of nitrogens with zero attached hydrogens (tertiary/aromatic N) is 5. The van der Waals surface area contributed by atoms with Crippen molar-refractivity contribution >= 4 is 36.0 Å². The molecule has 26 heavy (non-hydrogen) atoms. The van der Waals surface area contributed by atoms with E-state index in [4.69, 9.17) is 4.74 Å². The molecule has 1 fully saturated rings. The lowest BCUT2D eigenvalue weighted by molar-refractivity contribution is 0.0238. The Morgan fingerprint density at radius 1 is 1.42 bits per heavy atom. The van der Waals surface area contributed by atoms with E-state index in [1.54, 1.807) is 16.6 Å². The van der Waals surface area contributed by atoms with E-state index >= 15 is 0 Å². The predicted molar refractivity (Wildman–Crippen MR) is 111 cm³/mol. The molecule has 0 bridgehead atoms. The number of aliphatic imine (C=N–C) groups is 1. The number of amides is 1. The Labute approximate surface area is 172 Å². The first-order valence-electron chi connectivity index (χ1n) is 8.57. The average Bonchev–Trinajstić information content (AvgIpc) is 3.27. The molecule has 0 saturated heterocycles. The first kappa shape index (κ1) is 22.5. The molecule has 148 valence electrons. The van der Waals surface area contributed by atoms with Crippen LogP contribution in [0.15, 0.2) is 11.3 Å². The first-order chi connectivity index (χ1) is 11.8. The molecular formula is C16H30IN7O2. The van der Waals surface area contributed by atoms with Gasteiger partial charge in [-0.15, -0.1) is 24.0 Å². The Kier molecular flexibility index (Phi) is 8.57. The third kappa shape index (κ3) is 7.34. The zero-order chi connectivity index (χ0) is 18.4. The van der Waals surface area contributed by atoms with E-state index in [1.165, 1.54) is 6.33 Å². The van der Waals surface area contributed by atoms with Crippen molar-refractivity contribution in [2.24, 2.45) is 12.0 Å². The van der Waals surface area contributed by atoms with Crippen LogP contribution in [0.2, 0.25) is 0 Å². The van der Waals surface area contributed by atoms with Crippen molar-refractivity contribution in [3.8, 4) is 0 Å². The average molecular weight is 479 g/mol. The molecule has 0 unspecified atom stereocenters. The topological polar surface area (TPSA) is 96.7 Å². The summed E-state index contributed by atoms with van der Waals surface area (Å²) in [7, 11) is 3.55. The van der Waals surface area contributed by atoms with Crippen molar-refractivity contribution in [2.75, 3.05) is 20.1 Å². The normalized spacial score (nSPS) is 14.4. The summed E-state index contributed by atoms with van der Waals surface area (Å²) in [5.41, 5.74) is -0.481. The van der Waals surface area contributed by atoms with Crippen molar-refractivity contribution in [1.82, 2.24) is 30.3 Å². The van der Waals surface area contributed by atoms with Crippen molar-refractivity contribution in [3.05, 3.63) is 12.2 Å². The lowest BCUT2D eigenvalue weighted by Gasteiger charge is -2.27. The standard InChI is InChI=1S/C16H29N7O2.HI/c1-16(2,3)25-15(24)23(12-6-7-12)9-8-18-14(17-4)19-10-13-20-11-21-22(13)5;/h11-12H,6-10H2,1-5H3,(H2,17,18,19);1H. The summed E-state index contributed by atoms with van der Waals surface area (Å²) in [6.07, 6.45) is 3.34. The number of aryl methyl sites for hydroxylation is 1. The maximum atomic E-state index is 12.3. The van der Waals surface area contributed by atoms with Gasteiger partial charge < -0.3 is 20.3 Å². The highest BCUT2D eigenvalue weighted by Gasteiger charge is 2.34. The molecule has 1 aromatic rings. The van der Waals surface area contributed by atoms with Crippen LogP contribution in [0.5, 0.6) is 0 Å². The zero-order valence-corrected chi connectivity index (χ0v) is 18.5. The quantitative estimate of drug-likeness (QED) is 0.365. The van der Waals surface area contributed by atoms with Crippen LogP contribution >= 0.6 is 24.0 Å². The lowest BCUT2D eigenvalue weighted by atomic mass is 10.2. The minimum atomic E-state index is -0.481. The number of aromatic nitrogens is 3. The van der Waals surface area contributed by atoms with Crippen LogP contribution in [-0.2, 0) is 18.3 Å². The summed E-state index contributed by atoms with van der Waals surface area (Å²) in [5.74, 6) is 1.47. The molecule has 1 aromatic heterocycles. The van der Waals surface area contributed by atoms with Gasteiger partial charge in [-0.05, 0) is 33.6 Å². The maximum absolute atomic E-state index is 12.3. The van der Waals surface area contributed by atoms with Gasteiger partial charge in [-0.3, -0.25) is 9.67 Å². The summed E-state index contributed by atoms with van der Waals surface area (Å²) >= 11 is 0. The fourth-order valence-electron chi connectivity index (χ4n) is 2.29. The fourth-order valence-corrected chi connectivity index (χ4v) is 2.29. The summed E-state index contributed by atoms with van der Waals surface area (Å²) in [5, 5.41) is 10.4. The number of carbonyl (C=O) groups is 1. The van der Waals surface area contributed by atoms with Crippen molar-refractivity contribution in [1.29, 1.82) is 0 Å². The van der Waals surface area contributed by atoms with Gasteiger partial charge in [0.1, 0.15) is 17.8 Å². The Morgan fingerprint density at radius 2 is 2.12 bits per heavy atom. The molecule has 1 aliphatic rings. The van der Waals surface area contributed by atoms with Crippen molar-refractivity contribution < 1.29 is 9.53 Å². The van der Waals surface area contributed by atoms with E-state index in [0.717, 1.165) is 18.7 Å². The van der Waals surface area contributed by atoms with Gasteiger partial charge >= 0.3 is 6.09 Å².